The Kier molecular flexibility index (Phi) is 2.10. The Balaban J connectivity index is 2.91. The smallest absolute Gasteiger partial charge is 0.232 e. The molecule has 2 aromatic heterocycles. The summed E-state index contributed by atoms with van der Waals surface area (Å²) in [4.78, 5) is 4.23. The summed E-state index contributed by atoms with van der Waals surface area (Å²) in [6.07, 6.45) is 0. The second-order valence-electron chi connectivity index (χ2n) is 2.86. The normalized spacial score (nSPS) is 10.1. The number of ether oxygens (including phenoxy) is 1. The molecule has 0 radical (unpaired) electrons. The van der Waals surface area contributed by atoms with E-state index in [1.165, 1.54) is 7.11 Å². The van der Waals surface area contributed by atoms with Crippen LogP contribution in [0.1, 0.15) is 11.3 Å². The summed E-state index contributed by atoms with van der Waals surface area (Å²) in [5.41, 5.74) is 1.43. The van der Waals surface area contributed by atoms with Crippen LogP contribution in [0.25, 0.3) is 10.1 Å². The molecule has 14 heavy (non-hydrogen) atoms. The zero-order valence-corrected chi connectivity index (χ0v) is 8.68. The lowest BCUT2D eigenvalue weighted by molar-refractivity contribution is 0.396. The highest BCUT2D eigenvalue weighted by molar-refractivity contribution is 7.17. The van der Waals surface area contributed by atoms with E-state index in [1.807, 2.05) is 18.4 Å². The SMILES string of the molecule is COc1nc(C)c2sccc2c1C#N. The number of hydrogen-bond acceptors (Lipinski definition) is 4. The molecule has 0 N–H and O–H groups in total. The first-order valence-corrected chi connectivity index (χ1v) is 4.97. The quantitative estimate of drug-likeness (QED) is 0.716. The van der Waals surface area contributed by atoms with Gasteiger partial charge in [0.2, 0.25) is 5.88 Å². The van der Waals surface area contributed by atoms with Gasteiger partial charge in [-0.1, -0.05) is 0 Å². The molecule has 2 rings (SSSR count). The van der Waals surface area contributed by atoms with Crippen LogP contribution in [-0.4, -0.2) is 12.1 Å². The second kappa shape index (κ2) is 3.28. The van der Waals surface area contributed by atoms with Crippen LogP contribution >= 0.6 is 11.3 Å². The Labute approximate surface area is 85.6 Å². The molecule has 0 amide bonds. The minimum absolute atomic E-state index is 0.413. The monoisotopic (exact) mass is 204 g/mol. The van der Waals surface area contributed by atoms with E-state index in [-0.39, 0.29) is 0 Å². The minimum Gasteiger partial charge on any atom is -0.480 e. The number of pyridine rings is 1. The molecule has 0 saturated heterocycles. The van der Waals surface area contributed by atoms with E-state index < -0.39 is 0 Å². The van der Waals surface area contributed by atoms with E-state index >= 15 is 0 Å². The van der Waals surface area contributed by atoms with Crippen LogP contribution in [0, 0.1) is 18.3 Å². The van der Waals surface area contributed by atoms with Crippen molar-refractivity contribution in [2.75, 3.05) is 7.11 Å². The summed E-state index contributed by atoms with van der Waals surface area (Å²) >= 11 is 1.59. The summed E-state index contributed by atoms with van der Waals surface area (Å²) in [6.45, 7) is 1.92. The maximum atomic E-state index is 8.99. The fourth-order valence-corrected chi connectivity index (χ4v) is 2.27. The van der Waals surface area contributed by atoms with Crippen molar-refractivity contribution in [3.63, 3.8) is 0 Å². The van der Waals surface area contributed by atoms with E-state index in [0.717, 1.165) is 15.8 Å². The van der Waals surface area contributed by atoms with Gasteiger partial charge >= 0.3 is 0 Å². The van der Waals surface area contributed by atoms with Crippen LogP contribution in [0.15, 0.2) is 11.4 Å². The van der Waals surface area contributed by atoms with Gasteiger partial charge in [0.15, 0.2) is 0 Å². The van der Waals surface area contributed by atoms with Gasteiger partial charge in [-0.3, -0.25) is 0 Å². The predicted molar refractivity (Wildman–Crippen MR) is 55.6 cm³/mol. The molecule has 0 aliphatic rings. The Morgan fingerprint density at radius 1 is 1.57 bits per heavy atom. The molecule has 4 heteroatoms. The first-order valence-electron chi connectivity index (χ1n) is 4.10. The van der Waals surface area contributed by atoms with E-state index in [0.29, 0.717) is 11.4 Å². The third kappa shape index (κ3) is 1.14. The third-order valence-electron chi connectivity index (χ3n) is 2.05. The lowest BCUT2D eigenvalue weighted by atomic mass is 10.2. The molecule has 3 nitrogen and oxygen atoms in total. The highest BCUT2D eigenvalue weighted by Gasteiger charge is 2.12. The topological polar surface area (TPSA) is 45.9 Å². The number of rotatable bonds is 1. The van der Waals surface area contributed by atoms with Gasteiger partial charge in [-0.05, 0) is 18.4 Å². The van der Waals surface area contributed by atoms with Gasteiger partial charge in [-0.15, -0.1) is 11.3 Å². The Morgan fingerprint density at radius 3 is 3.00 bits per heavy atom. The van der Waals surface area contributed by atoms with Crippen molar-refractivity contribution in [2.24, 2.45) is 0 Å². The molecular formula is C10H8N2OS. The zero-order chi connectivity index (χ0) is 10.1. The van der Waals surface area contributed by atoms with E-state index in [9.17, 15) is 0 Å². The zero-order valence-electron chi connectivity index (χ0n) is 7.87. The van der Waals surface area contributed by atoms with Crippen molar-refractivity contribution < 1.29 is 4.74 Å². The summed E-state index contributed by atoms with van der Waals surface area (Å²) in [6, 6.07) is 4.05. The van der Waals surface area contributed by atoms with Crippen molar-refractivity contribution in [1.29, 1.82) is 5.26 Å². The fraction of sp³-hybridized carbons (Fsp3) is 0.200. The number of thiophene rings is 1. The number of aromatic nitrogens is 1. The lowest BCUT2D eigenvalue weighted by Gasteiger charge is -2.04. The van der Waals surface area contributed by atoms with Crippen molar-refractivity contribution in [2.45, 2.75) is 6.92 Å². The largest absolute Gasteiger partial charge is 0.480 e. The predicted octanol–water partition coefficient (Wildman–Crippen LogP) is 2.49. The number of aryl methyl sites for hydroxylation is 1. The van der Waals surface area contributed by atoms with Crippen molar-refractivity contribution in [3.8, 4) is 11.9 Å². The molecular weight excluding hydrogens is 196 g/mol. The molecule has 0 bridgehead atoms. The van der Waals surface area contributed by atoms with E-state index in [2.05, 4.69) is 11.1 Å². The molecule has 70 valence electrons. The van der Waals surface area contributed by atoms with Crippen molar-refractivity contribution in [1.82, 2.24) is 4.98 Å². The van der Waals surface area contributed by atoms with Crippen LogP contribution in [0.2, 0.25) is 0 Å². The fourth-order valence-electron chi connectivity index (χ4n) is 1.42. The van der Waals surface area contributed by atoms with Gasteiger partial charge in [0.1, 0.15) is 11.6 Å². The second-order valence-corrected chi connectivity index (χ2v) is 3.77. The highest BCUT2D eigenvalue weighted by atomic mass is 32.1. The maximum absolute atomic E-state index is 8.99. The third-order valence-corrected chi connectivity index (χ3v) is 3.07. The minimum atomic E-state index is 0.413. The lowest BCUT2D eigenvalue weighted by Crippen LogP contribution is -1.94. The number of nitriles is 1. The van der Waals surface area contributed by atoms with Crippen LogP contribution in [0.3, 0.4) is 0 Å². The Hall–Kier alpha value is -1.60. The van der Waals surface area contributed by atoms with Gasteiger partial charge in [-0.2, -0.15) is 5.26 Å². The van der Waals surface area contributed by atoms with Gasteiger partial charge in [0.05, 0.1) is 17.5 Å². The average molecular weight is 204 g/mol. The van der Waals surface area contributed by atoms with Crippen LogP contribution in [0.5, 0.6) is 5.88 Å². The molecule has 2 aromatic rings. The number of fused-ring (bicyclic) bond motifs is 1. The Bertz CT molecular complexity index is 525. The number of methoxy groups -OCH3 is 1. The Morgan fingerprint density at radius 2 is 2.36 bits per heavy atom. The summed E-state index contributed by atoms with van der Waals surface area (Å²) in [5.74, 6) is 0.413. The maximum Gasteiger partial charge on any atom is 0.232 e. The number of nitrogens with zero attached hydrogens (tertiary/aromatic N) is 2. The van der Waals surface area contributed by atoms with Crippen molar-refractivity contribution in [3.05, 3.63) is 22.7 Å². The number of hydrogen-bond donors (Lipinski definition) is 0. The van der Waals surface area contributed by atoms with Crippen LogP contribution < -0.4 is 4.74 Å². The molecule has 0 unspecified atom stereocenters. The average Bonchev–Trinajstić information content (AvgIpc) is 2.66. The molecule has 2 heterocycles. The van der Waals surface area contributed by atoms with Gasteiger partial charge in [-0.25, -0.2) is 4.98 Å². The first-order chi connectivity index (χ1) is 6.77. The van der Waals surface area contributed by atoms with Gasteiger partial charge in [0.25, 0.3) is 0 Å². The van der Waals surface area contributed by atoms with Crippen LogP contribution in [0.4, 0.5) is 0 Å². The van der Waals surface area contributed by atoms with E-state index in [1.54, 1.807) is 11.3 Å². The van der Waals surface area contributed by atoms with E-state index in [4.69, 9.17) is 10.00 Å². The summed E-state index contributed by atoms with van der Waals surface area (Å²) in [7, 11) is 1.53. The molecule has 0 spiro atoms. The van der Waals surface area contributed by atoms with Gasteiger partial charge in [0, 0.05) is 5.39 Å². The molecule has 0 saturated carbocycles. The molecule has 0 aliphatic carbocycles. The highest BCUT2D eigenvalue weighted by Crippen LogP contribution is 2.30. The molecule has 0 atom stereocenters. The molecule has 0 fully saturated rings. The molecule has 0 aromatic carbocycles. The summed E-state index contributed by atoms with van der Waals surface area (Å²) in [5, 5.41) is 11.9. The summed E-state index contributed by atoms with van der Waals surface area (Å²) < 4.78 is 6.12. The standard InChI is InChI=1S/C10H8N2OS/c1-6-9-7(3-4-14-9)8(5-11)10(12-6)13-2/h3-4H,1-2H3. The van der Waals surface area contributed by atoms with Gasteiger partial charge < -0.3 is 4.74 Å². The first kappa shape index (κ1) is 8.97. The molecule has 0 aliphatic heterocycles. The van der Waals surface area contributed by atoms with Crippen LogP contribution in [-0.2, 0) is 0 Å². The van der Waals surface area contributed by atoms with Crippen molar-refractivity contribution >= 4 is 21.4 Å².